The van der Waals surface area contributed by atoms with Gasteiger partial charge in [0.15, 0.2) is 0 Å². The normalized spacial score (nSPS) is 17.4. The van der Waals surface area contributed by atoms with Gasteiger partial charge in [-0.2, -0.15) is 0 Å². The van der Waals surface area contributed by atoms with Crippen molar-refractivity contribution in [3.8, 4) is 0 Å². The molecular weight excluding hydrogens is 142 g/mol. The van der Waals surface area contributed by atoms with Gasteiger partial charge >= 0.3 is 0 Å². The van der Waals surface area contributed by atoms with Gasteiger partial charge in [-0.05, 0) is 19.8 Å². The SMILES string of the molecule is [CH2]COCC(=O)N1CCCC1. The number of carbonyl (C=O) groups is 1. The first-order chi connectivity index (χ1) is 5.34. The van der Waals surface area contributed by atoms with E-state index in [1.807, 2.05) is 4.90 Å². The minimum Gasteiger partial charge on any atom is -0.372 e. The van der Waals surface area contributed by atoms with Gasteiger partial charge in [0.05, 0.1) is 0 Å². The fraction of sp³-hybridized carbons (Fsp3) is 0.750. The summed E-state index contributed by atoms with van der Waals surface area (Å²) in [6.45, 7) is 5.87. The number of rotatable bonds is 3. The Morgan fingerprint density at radius 2 is 2.09 bits per heavy atom. The second kappa shape index (κ2) is 4.34. The number of amides is 1. The summed E-state index contributed by atoms with van der Waals surface area (Å²) in [6.07, 6.45) is 2.27. The number of carbonyl (C=O) groups excluding carboxylic acids is 1. The summed E-state index contributed by atoms with van der Waals surface area (Å²) in [5.74, 6) is 0.103. The molecular formula is C8H14NO2. The summed E-state index contributed by atoms with van der Waals surface area (Å²) in [5.41, 5.74) is 0. The Kier molecular flexibility index (Phi) is 3.36. The van der Waals surface area contributed by atoms with E-state index in [4.69, 9.17) is 4.74 Å². The lowest BCUT2D eigenvalue weighted by Crippen LogP contribution is -2.31. The predicted octanol–water partition coefficient (Wildman–Crippen LogP) is 0.459. The van der Waals surface area contributed by atoms with Gasteiger partial charge in [-0.25, -0.2) is 0 Å². The molecule has 11 heavy (non-hydrogen) atoms. The van der Waals surface area contributed by atoms with Crippen molar-refractivity contribution >= 4 is 5.91 Å². The second-order valence-electron chi connectivity index (χ2n) is 2.64. The zero-order valence-corrected chi connectivity index (χ0v) is 6.71. The highest BCUT2D eigenvalue weighted by Crippen LogP contribution is 2.06. The van der Waals surface area contributed by atoms with Crippen LogP contribution in [0.2, 0.25) is 0 Å². The molecule has 1 heterocycles. The molecule has 3 heteroatoms. The molecule has 1 radical (unpaired) electrons. The Morgan fingerprint density at radius 1 is 1.45 bits per heavy atom. The predicted molar refractivity (Wildman–Crippen MR) is 42.0 cm³/mol. The number of nitrogens with zero attached hydrogens (tertiary/aromatic N) is 1. The van der Waals surface area contributed by atoms with Crippen LogP contribution in [0, 0.1) is 6.92 Å². The van der Waals surface area contributed by atoms with E-state index < -0.39 is 0 Å². The highest BCUT2D eigenvalue weighted by atomic mass is 16.5. The maximum atomic E-state index is 11.2. The minimum absolute atomic E-state index is 0.103. The largest absolute Gasteiger partial charge is 0.372 e. The van der Waals surface area contributed by atoms with E-state index in [0.717, 1.165) is 25.9 Å². The lowest BCUT2D eigenvalue weighted by molar-refractivity contribution is -0.134. The Hall–Kier alpha value is -0.570. The number of hydrogen-bond donors (Lipinski definition) is 0. The van der Waals surface area contributed by atoms with Gasteiger partial charge in [-0.15, -0.1) is 0 Å². The molecule has 1 amide bonds. The lowest BCUT2D eigenvalue weighted by Gasteiger charge is -2.14. The fourth-order valence-electron chi connectivity index (χ4n) is 1.22. The Morgan fingerprint density at radius 3 is 2.64 bits per heavy atom. The summed E-state index contributed by atoms with van der Waals surface area (Å²) < 4.78 is 4.91. The molecule has 0 aliphatic carbocycles. The molecule has 1 fully saturated rings. The van der Waals surface area contributed by atoms with Gasteiger partial charge in [0.2, 0.25) is 5.91 Å². The first-order valence-electron chi connectivity index (χ1n) is 3.99. The van der Waals surface area contributed by atoms with E-state index in [-0.39, 0.29) is 12.5 Å². The van der Waals surface area contributed by atoms with Crippen LogP contribution in [0.3, 0.4) is 0 Å². The molecule has 0 saturated carbocycles. The average molecular weight is 156 g/mol. The summed E-state index contributed by atoms with van der Waals surface area (Å²) in [4.78, 5) is 13.0. The van der Waals surface area contributed by atoms with E-state index in [9.17, 15) is 4.79 Å². The lowest BCUT2D eigenvalue weighted by atomic mass is 10.4. The Bertz CT molecular complexity index is 130. The van der Waals surface area contributed by atoms with E-state index in [2.05, 4.69) is 6.92 Å². The minimum atomic E-state index is 0.103. The van der Waals surface area contributed by atoms with Crippen LogP contribution in [-0.4, -0.2) is 37.1 Å². The second-order valence-corrected chi connectivity index (χ2v) is 2.64. The number of ether oxygens (including phenoxy) is 1. The van der Waals surface area contributed by atoms with Crippen molar-refractivity contribution < 1.29 is 9.53 Å². The molecule has 63 valence electrons. The van der Waals surface area contributed by atoms with E-state index in [1.165, 1.54) is 0 Å². The maximum Gasteiger partial charge on any atom is 0.248 e. The summed E-state index contributed by atoms with van der Waals surface area (Å²) in [7, 11) is 0. The van der Waals surface area contributed by atoms with Crippen LogP contribution in [0.1, 0.15) is 12.8 Å². The van der Waals surface area contributed by atoms with Crippen LogP contribution in [-0.2, 0) is 9.53 Å². The zero-order valence-electron chi connectivity index (χ0n) is 6.71. The molecule has 0 bridgehead atoms. The van der Waals surface area contributed by atoms with Crippen LogP contribution >= 0.6 is 0 Å². The van der Waals surface area contributed by atoms with Gasteiger partial charge in [0, 0.05) is 19.7 Å². The average Bonchev–Trinajstić information content (AvgIpc) is 2.52. The molecule has 1 saturated heterocycles. The van der Waals surface area contributed by atoms with Crippen LogP contribution in [0.4, 0.5) is 0 Å². The molecule has 0 unspecified atom stereocenters. The molecule has 0 N–H and O–H groups in total. The summed E-state index contributed by atoms with van der Waals surface area (Å²) in [5, 5.41) is 0. The topological polar surface area (TPSA) is 29.5 Å². The standard InChI is InChI=1S/C8H14NO2/c1-2-11-7-8(10)9-5-3-4-6-9/h1-7H2. The number of hydrogen-bond acceptors (Lipinski definition) is 2. The molecule has 0 atom stereocenters. The summed E-state index contributed by atoms with van der Waals surface area (Å²) >= 11 is 0. The van der Waals surface area contributed by atoms with E-state index in [0.29, 0.717) is 6.61 Å². The van der Waals surface area contributed by atoms with E-state index in [1.54, 1.807) is 0 Å². The molecule has 1 aliphatic heterocycles. The van der Waals surface area contributed by atoms with Gasteiger partial charge in [-0.3, -0.25) is 4.79 Å². The monoisotopic (exact) mass is 156 g/mol. The zero-order chi connectivity index (χ0) is 8.10. The number of likely N-dealkylation sites (tertiary alicyclic amines) is 1. The highest BCUT2D eigenvalue weighted by Gasteiger charge is 2.16. The van der Waals surface area contributed by atoms with E-state index >= 15 is 0 Å². The Labute approximate surface area is 67.3 Å². The Balaban J connectivity index is 2.17. The molecule has 0 aromatic carbocycles. The van der Waals surface area contributed by atoms with Gasteiger partial charge in [0.1, 0.15) is 6.61 Å². The van der Waals surface area contributed by atoms with Crippen molar-refractivity contribution in [2.75, 3.05) is 26.3 Å². The van der Waals surface area contributed by atoms with Gasteiger partial charge < -0.3 is 9.64 Å². The smallest absolute Gasteiger partial charge is 0.248 e. The first kappa shape index (κ1) is 8.53. The third kappa shape index (κ3) is 2.50. The van der Waals surface area contributed by atoms with Crippen LogP contribution in [0.5, 0.6) is 0 Å². The molecule has 1 rings (SSSR count). The molecule has 0 spiro atoms. The van der Waals surface area contributed by atoms with Crippen LogP contribution in [0.15, 0.2) is 0 Å². The molecule has 0 aromatic heterocycles. The van der Waals surface area contributed by atoms with Crippen LogP contribution in [0.25, 0.3) is 0 Å². The molecule has 0 aromatic rings. The van der Waals surface area contributed by atoms with Gasteiger partial charge in [-0.1, -0.05) is 0 Å². The van der Waals surface area contributed by atoms with Crippen molar-refractivity contribution in [3.05, 3.63) is 6.92 Å². The van der Waals surface area contributed by atoms with Crippen molar-refractivity contribution in [3.63, 3.8) is 0 Å². The fourth-order valence-corrected chi connectivity index (χ4v) is 1.22. The highest BCUT2D eigenvalue weighted by molar-refractivity contribution is 5.77. The van der Waals surface area contributed by atoms with Crippen LogP contribution < -0.4 is 0 Å². The molecule has 1 aliphatic rings. The maximum absolute atomic E-state index is 11.2. The first-order valence-corrected chi connectivity index (χ1v) is 3.99. The molecule has 3 nitrogen and oxygen atoms in total. The van der Waals surface area contributed by atoms with Crippen molar-refractivity contribution in [1.82, 2.24) is 4.90 Å². The van der Waals surface area contributed by atoms with Crippen molar-refractivity contribution in [1.29, 1.82) is 0 Å². The summed E-state index contributed by atoms with van der Waals surface area (Å²) in [6, 6.07) is 0. The quantitative estimate of drug-likeness (QED) is 0.594. The van der Waals surface area contributed by atoms with Gasteiger partial charge in [0.25, 0.3) is 0 Å². The third-order valence-corrected chi connectivity index (χ3v) is 1.83. The van der Waals surface area contributed by atoms with Crippen molar-refractivity contribution in [2.24, 2.45) is 0 Å². The third-order valence-electron chi connectivity index (χ3n) is 1.83. The van der Waals surface area contributed by atoms with Crippen molar-refractivity contribution in [2.45, 2.75) is 12.8 Å².